The Morgan fingerprint density at radius 2 is 2.16 bits per heavy atom. The number of nitriles is 1. The number of benzene rings is 1. The molecule has 0 radical (unpaired) electrons. The molecule has 0 fully saturated rings. The first-order valence-corrected chi connectivity index (χ1v) is 7.80. The van der Waals surface area contributed by atoms with Crippen LogP contribution in [0.15, 0.2) is 53.3 Å². The van der Waals surface area contributed by atoms with Crippen LogP contribution in [0.1, 0.15) is 22.8 Å². The maximum Gasteiger partial charge on any atom is 0.250 e. The Morgan fingerprint density at radius 3 is 2.84 bits per heavy atom. The van der Waals surface area contributed by atoms with Crippen molar-refractivity contribution < 1.29 is 14.0 Å². The summed E-state index contributed by atoms with van der Waals surface area (Å²) in [5.41, 5.74) is 1.81. The zero-order valence-electron chi connectivity index (χ0n) is 13.5. The average molecular weight is 333 g/mol. The minimum Gasteiger partial charge on any atom is -0.464 e. The van der Waals surface area contributed by atoms with Gasteiger partial charge in [-0.25, -0.2) is 4.98 Å². The van der Waals surface area contributed by atoms with Crippen LogP contribution in [0.3, 0.4) is 0 Å². The van der Waals surface area contributed by atoms with Gasteiger partial charge >= 0.3 is 0 Å². The Kier molecular flexibility index (Phi) is 4.57. The molecule has 6 nitrogen and oxygen atoms in total. The van der Waals surface area contributed by atoms with Gasteiger partial charge in [0.25, 0.3) is 5.91 Å². The third kappa shape index (κ3) is 3.26. The maximum absolute atomic E-state index is 12.7. The van der Waals surface area contributed by atoms with Crippen molar-refractivity contribution in [2.75, 3.05) is 5.32 Å². The number of nitrogens with one attached hydrogen (secondary N) is 1. The molecule has 1 unspecified atom stereocenters. The van der Waals surface area contributed by atoms with Gasteiger partial charge in [0.1, 0.15) is 17.7 Å². The standard InChI is InChI=1S/C19H15N3O3/c1-2-12-6-7-16-13(9-12)15(11-25-16)18(23)14(10-20)19(24)22-17-5-3-4-8-21-17/h3-9,11,14H,2H2,1H3,(H,21,22,24). The second-order valence-corrected chi connectivity index (χ2v) is 5.46. The summed E-state index contributed by atoms with van der Waals surface area (Å²) in [7, 11) is 0. The fourth-order valence-corrected chi connectivity index (χ4v) is 2.51. The summed E-state index contributed by atoms with van der Waals surface area (Å²) in [4.78, 5) is 29.0. The second-order valence-electron chi connectivity index (χ2n) is 5.46. The summed E-state index contributed by atoms with van der Waals surface area (Å²) in [5.74, 6) is -2.51. The van der Waals surface area contributed by atoms with Crippen LogP contribution in [0, 0.1) is 17.2 Å². The van der Waals surface area contributed by atoms with Gasteiger partial charge in [-0.2, -0.15) is 5.26 Å². The summed E-state index contributed by atoms with van der Waals surface area (Å²) in [5, 5.41) is 12.4. The number of hydrogen-bond acceptors (Lipinski definition) is 5. The van der Waals surface area contributed by atoms with E-state index in [4.69, 9.17) is 4.42 Å². The lowest BCUT2D eigenvalue weighted by molar-refractivity contribution is -0.117. The molecule has 3 aromatic rings. The first kappa shape index (κ1) is 16.4. The molecule has 0 bridgehead atoms. The van der Waals surface area contributed by atoms with Gasteiger partial charge in [-0.1, -0.05) is 19.1 Å². The summed E-state index contributed by atoms with van der Waals surface area (Å²) in [6.45, 7) is 2.00. The number of hydrogen-bond donors (Lipinski definition) is 1. The number of rotatable bonds is 5. The number of ketones is 1. The lowest BCUT2D eigenvalue weighted by Gasteiger charge is -2.08. The molecular weight excluding hydrogens is 318 g/mol. The van der Waals surface area contributed by atoms with E-state index in [1.807, 2.05) is 19.1 Å². The molecular formula is C19H15N3O3. The molecule has 0 aliphatic rings. The highest BCUT2D eigenvalue weighted by Crippen LogP contribution is 2.25. The van der Waals surface area contributed by atoms with E-state index >= 15 is 0 Å². The van der Waals surface area contributed by atoms with Gasteiger partial charge in [0.05, 0.1) is 11.6 Å². The van der Waals surface area contributed by atoms with Gasteiger partial charge in [0.2, 0.25) is 0 Å². The molecule has 1 atom stereocenters. The van der Waals surface area contributed by atoms with Crippen molar-refractivity contribution in [1.82, 2.24) is 4.98 Å². The zero-order chi connectivity index (χ0) is 17.8. The molecule has 2 aromatic heterocycles. The molecule has 0 spiro atoms. The molecule has 3 rings (SSSR count). The number of anilines is 1. The van der Waals surface area contributed by atoms with Gasteiger partial charge in [0, 0.05) is 11.6 Å². The van der Waals surface area contributed by atoms with Crippen molar-refractivity contribution in [2.45, 2.75) is 13.3 Å². The smallest absolute Gasteiger partial charge is 0.250 e. The molecule has 2 heterocycles. The molecule has 6 heteroatoms. The highest BCUT2D eigenvalue weighted by molar-refractivity contribution is 6.19. The van der Waals surface area contributed by atoms with Crippen molar-refractivity contribution in [1.29, 1.82) is 5.26 Å². The quantitative estimate of drug-likeness (QED) is 0.570. The Bertz CT molecular complexity index is 970. The number of Topliss-reactive ketones (excluding diaryl/α,β-unsaturated/α-hetero) is 1. The maximum atomic E-state index is 12.7. The lowest BCUT2D eigenvalue weighted by atomic mass is 9.96. The van der Waals surface area contributed by atoms with Crippen LogP contribution >= 0.6 is 0 Å². The predicted octanol–water partition coefficient (Wildman–Crippen LogP) is 3.35. The number of carbonyl (C=O) groups excluding carboxylic acids is 2. The number of pyridine rings is 1. The molecule has 0 aliphatic heterocycles. The monoisotopic (exact) mass is 333 g/mol. The van der Waals surface area contributed by atoms with Gasteiger partial charge in [-0.05, 0) is 36.2 Å². The number of aryl methyl sites for hydroxylation is 1. The van der Waals surface area contributed by atoms with Crippen LogP contribution in [0.2, 0.25) is 0 Å². The van der Waals surface area contributed by atoms with Gasteiger partial charge in [-0.3, -0.25) is 9.59 Å². The largest absolute Gasteiger partial charge is 0.464 e. The van der Waals surface area contributed by atoms with E-state index in [2.05, 4.69) is 10.3 Å². The van der Waals surface area contributed by atoms with Gasteiger partial charge < -0.3 is 9.73 Å². The SMILES string of the molecule is CCc1ccc2occ(C(=O)C(C#N)C(=O)Nc3ccccn3)c2c1. The average Bonchev–Trinajstić information content (AvgIpc) is 3.06. The van der Waals surface area contributed by atoms with E-state index in [1.54, 1.807) is 30.3 Å². The van der Waals surface area contributed by atoms with Crippen LogP contribution in [-0.4, -0.2) is 16.7 Å². The Hall–Kier alpha value is -3.46. The van der Waals surface area contributed by atoms with Crippen molar-refractivity contribution in [3.05, 3.63) is 60.0 Å². The van der Waals surface area contributed by atoms with Crippen LogP contribution in [0.25, 0.3) is 11.0 Å². The molecule has 0 saturated heterocycles. The summed E-state index contributed by atoms with van der Waals surface area (Å²) in [6.07, 6.45) is 3.61. The Morgan fingerprint density at radius 1 is 1.32 bits per heavy atom. The Balaban J connectivity index is 1.90. The molecule has 0 saturated carbocycles. The van der Waals surface area contributed by atoms with Crippen LogP contribution in [-0.2, 0) is 11.2 Å². The minimum atomic E-state index is -1.48. The number of carbonyl (C=O) groups is 2. The first-order chi connectivity index (χ1) is 12.1. The van der Waals surface area contributed by atoms with Gasteiger partial charge in [-0.15, -0.1) is 0 Å². The molecule has 1 aromatic carbocycles. The fourth-order valence-electron chi connectivity index (χ4n) is 2.51. The molecule has 124 valence electrons. The van der Waals surface area contributed by atoms with E-state index < -0.39 is 17.6 Å². The van der Waals surface area contributed by atoms with Crippen LogP contribution < -0.4 is 5.32 Å². The van der Waals surface area contributed by atoms with Crippen molar-refractivity contribution in [3.8, 4) is 6.07 Å². The van der Waals surface area contributed by atoms with Crippen LogP contribution in [0.5, 0.6) is 0 Å². The van der Waals surface area contributed by atoms with E-state index in [0.717, 1.165) is 12.0 Å². The molecule has 1 amide bonds. The number of fused-ring (bicyclic) bond motifs is 1. The molecule has 25 heavy (non-hydrogen) atoms. The number of aromatic nitrogens is 1. The Labute approximate surface area is 144 Å². The highest BCUT2D eigenvalue weighted by Gasteiger charge is 2.30. The van der Waals surface area contributed by atoms with E-state index in [0.29, 0.717) is 11.0 Å². The fraction of sp³-hybridized carbons (Fsp3) is 0.158. The van der Waals surface area contributed by atoms with Crippen molar-refractivity contribution in [3.63, 3.8) is 0 Å². The molecule has 1 N–H and O–H groups in total. The lowest BCUT2D eigenvalue weighted by Crippen LogP contribution is -2.28. The zero-order valence-corrected chi connectivity index (χ0v) is 13.5. The third-order valence-corrected chi connectivity index (χ3v) is 3.88. The van der Waals surface area contributed by atoms with E-state index in [1.165, 1.54) is 12.5 Å². The van der Waals surface area contributed by atoms with Crippen molar-refractivity contribution >= 4 is 28.5 Å². The normalized spacial score (nSPS) is 11.7. The van der Waals surface area contributed by atoms with E-state index in [-0.39, 0.29) is 11.4 Å². The topological polar surface area (TPSA) is 96.0 Å². The highest BCUT2D eigenvalue weighted by atomic mass is 16.3. The summed E-state index contributed by atoms with van der Waals surface area (Å²) < 4.78 is 5.39. The predicted molar refractivity (Wildman–Crippen MR) is 91.9 cm³/mol. The summed E-state index contributed by atoms with van der Waals surface area (Å²) in [6, 6.07) is 12.3. The number of amides is 1. The minimum absolute atomic E-state index is 0.230. The summed E-state index contributed by atoms with van der Waals surface area (Å²) >= 11 is 0. The molecule has 0 aliphatic carbocycles. The van der Waals surface area contributed by atoms with Crippen LogP contribution in [0.4, 0.5) is 5.82 Å². The van der Waals surface area contributed by atoms with E-state index in [9.17, 15) is 14.9 Å². The second kappa shape index (κ2) is 6.97. The third-order valence-electron chi connectivity index (χ3n) is 3.88. The van der Waals surface area contributed by atoms with Gasteiger partial charge in [0.15, 0.2) is 11.7 Å². The van der Waals surface area contributed by atoms with Crippen molar-refractivity contribution in [2.24, 2.45) is 5.92 Å². The number of furan rings is 1. The number of nitrogens with zero attached hydrogens (tertiary/aromatic N) is 2. The first-order valence-electron chi connectivity index (χ1n) is 7.80.